The maximum absolute atomic E-state index is 12.1. The van der Waals surface area contributed by atoms with Crippen LogP contribution in [-0.4, -0.2) is 49.4 Å². The smallest absolute Gasteiger partial charge is 0.469 e. The number of aromatic hydroxyl groups is 1. The fourth-order valence-electron chi connectivity index (χ4n) is 2.35. The Hall–Kier alpha value is -3.71. The summed E-state index contributed by atoms with van der Waals surface area (Å²) in [6, 6.07) is 5.21. The average molecular weight is 467 g/mol. The summed E-state index contributed by atoms with van der Waals surface area (Å²) in [7, 11) is -4.78. The van der Waals surface area contributed by atoms with Crippen LogP contribution in [0, 0.1) is 17.0 Å². The minimum absolute atomic E-state index is 0.00445. The highest BCUT2D eigenvalue weighted by atomic mass is 31.2. The van der Waals surface area contributed by atoms with Crippen molar-refractivity contribution < 1.29 is 38.5 Å². The number of nitro groups is 1. The van der Waals surface area contributed by atoms with Gasteiger partial charge in [0.15, 0.2) is 0 Å². The van der Waals surface area contributed by atoms with Gasteiger partial charge in [-0.3, -0.25) is 29.2 Å². The number of carbonyl (C=O) groups excluding carboxylic acids is 2. The SMILES string of the molecule is Cc1ncc(COP(=O)(O)O)c(/C=N/NC(=O)CNC(=O)c2ccccc2[N+](=O)[O-])c1O. The lowest BCUT2D eigenvalue weighted by atomic mass is 10.1. The number of pyridine rings is 1. The highest BCUT2D eigenvalue weighted by Gasteiger charge is 2.20. The van der Waals surface area contributed by atoms with Gasteiger partial charge in [-0.25, -0.2) is 9.99 Å². The normalized spacial score (nSPS) is 11.3. The zero-order valence-electron chi connectivity index (χ0n) is 16.5. The Morgan fingerprint density at radius 2 is 2.03 bits per heavy atom. The number of hydrazone groups is 1. The first-order valence-electron chi connectivity index (χ1n) is 8.70. The van der Waals surface area contributed by atoms with Crippen LogP contribution in [0.1, 0.15) is 27.2 Å². The van der Waals surface area contributed by atoms with Crippen LogP contribution in [0.2, 0.25) is 0 Å². The molecule has 0 aliphatic heterocycles. The summed E-state index contributed by atoms with van der Waals surface area (Å²) < 4.78 is 15.3. The third-order valence-electron chi connectivity index (χ3n) is 3.88. The molecular formula is C17H18N5O9P. The fourth-order valence-corrected chi connectivity index (χ4v) is 2.66. The molecule has 0 fully saturated rings. The first-order valence-corrected chi connectivity index (χ1v) is 10.2. The number of nitrogens with one attached hydrogen (secondary N) is 2. The van der Waals surface area contributed by atoms with Gasteiger partial charge >= 0.3 is 7.82 Å². The predicted molar refractivity (Wildman–Crippen MR) is 109 cm³/mol. The molecule has 0 unspecified atom stereocenters. The Labute approximate surface area is 180 Å². The number of para-hydroxylation sites is 1. The minimum atomic E-state index is -4.78. The third-order valence-corrected chi connectivity index (χ3v) is 4.35. The summed E-state index contributed by atoms with van der Waals surface area (Å²) in [6.07, 6.45) is 2.21. The Kier molecular flexibility index (Phi) is 8.09. The van der Waals surface area contributed by atoms with Crippen molar-refractivity contribution in [3.8, 4) is 5.75 Å². The molecule has 5 N–H and O–H groups in total. The molecule has 0 radical (unpaired) electrons. The molecule has 2 rings (SSSR count). The molecule has 170 valence electrons. The van der Waals surface area contributed by atoms with E-state index in [1.807, 2.05) is 0 Å². The summed E-state index contributed by atoms with van der Waals surface area (Å²) in [5, 5.41) is 26.9. The maximum Gasteiger partial charge on any atom is 0.469 e. The van der Waals surface area contributed by atoms with Crippen molar-refractivity contribution in [2.75, 3.05) is 6.54 Å². The zero-order chi connectivity index (χ0) is 23.9. The Balaban J connectivity index is 2.02. The van der Waals surface area contributed by atoms with Crippen molar-refractivity contribution in [3.63, 3.8) is 0 Å². The maximum atomic E-state index is 12.1. The third kappa shape index (κ3) is 6.92. The van der Waals surface area contributed by atoms with Crippen molar-refractivity contribution in [1.29, 1.82) is 0 Å². The average Bonchev–Trinajstić information content (AvgIpc) is 2.73. The van der Waals surface area contributed by atoms with Gasteiger partial charge in [0, 0.05) is 23.4 Å². The van der Waals surface area contributed by atoms with E-state index in [1.165, 1.54) is 31.3 Å². The number of hydrogen-bond acceptors (Lipinski definition) is 9. The van der Waals surface area contributed by atoms with Crippen molar-refractivity contribution in [3.05, 3.63) is 63.0 Å². The Morgan fingerprint density at radius 1 is 1.34 bits per heavy atom. The van der Waals surface area contributed by atoms with Gasteiger partial charge in [-0.15, -0.1) is 0 Å². The number of nitro benzene ring substituents is 1. The monoisotopic (exact) mass is 467 g/mol. The van der Waals surface area contributed by atoms with Crippen molar-refractivity contribution in [2.45, 2.75) is 13.5 Å². The fraction of sp³-hybridized carbons (Fsp3) is 0.176. The van der Waals surface area contributed by atoms with E-state index in [2.05, 4.69) is 25.4 Å². The van der Waals surface area contributed by atoms with E-state index in [0.717, 1.165) is 12.3 Å². The van der Waals surface area contributed by atoms with E-state index in [-0.39, 0.29) is 28.1 Å². The van der Waals surface area contributed by atoms with Crippen LogP contribution < -0.4 is 10.7 Å². The van der Waals surface area contributed by atoms with Crippen LogP contribution >= 0.6 is 7.82 Å². The van der Waals surface area contributed by atoms with Crippen LogP contribution in [0.15, 0.2) is 35.6 Å². The van der Waals surface area contributed by atoms with Crippen LogP contribution in [0.3, 0.4) is 0 Å². The van der Waals surface area contributed by atoms with Gasteiger partial charge in [-0.1, -0.05) is 12.1 Å². The van der Waals surface area contributed by atoms with E-state index in [0.29, 0.717) is 0 Å². The molecule has 0 bridgehead atoms. The predicted octanol–water partition coefficient (Wildman–Crippen LogP) is 0.493. The van der Waals surface area contributed by atoms with Gasteiger partial charge in [-0.2, -0.15) is 5.10 Å². The van der Waals surface area contributed by atoms with E-state index < -0.39 is 43.4 Å². The number of aryl methyl sites for hydroxylation is 1. The minimum Gasteiger partial charge on any atom is -0.505 e. The topological polar surface area (TPSA) is 214 Å². The summed E-state index contributed by atoms with van der Waals surface area (Å²) in [5.41, 5.74) is 1.70. The summed E-state index contributed by atoms with van der Waals surface area (Å²) in [4.78, 5) is 55.7. The molecule has 0 aliphatic rings. The Bertz CT molecular complexity index is 1120. The van der Waals surface area contributed by atoms with E-state index in [1.54, 1.807) is 0 Å². The quantitative estimate of drug-likeness (QED) is 0.149. The van der Waals surface area contributed by atoms with Crippen LogP contribution in [0.25, 0.3) is 0 Å². The number of nitrogens with zero attached hydrogens (tertiary/aromatic N) is 3. The second-order valence-electron chi connectivity index (χ2n) is 6.15. The lowest BCUT2D eigenvalue weighted by molar-refractivity contribution is -0.385. The number of benzene rings is 1. The van der Waals surface area contributed by atoms with E-state index in [9.17, 15) is 29.4 Å². The Morgan fingerprint density at radius 3 is 2.69 bits per heavy atom. The molecular weight excluding hydrogens is 449 g/mol. The molecule has 1 aromatic carbocycles. The molecule has 2 aromatic rings. The summed E-state index contributed by atoms with van der Waals surface area (Å²) in [5.74, 6) is -1.97. The second kappa shape index (κ2) is 10.5. The highest BCUT2D eigenvalue weighted by molar-refractivity contribution is 7.46. The van der Waals surface area contributed by atoms with Gasteiger partial charge in [0.1, 0.15) is 11.3 Å². The lowest BCUT2D eigenvalue weighted by Gasteiger charge is -2.10. The van der Waals surface area contributed by atoms with Crippen molar-refractivity contribution in [1.82, 2.24) is 15.7 Å². The number of amides is 2. The van der Waals surface area contributed by atoms with E-state index >= 15 is 0 Å². The standard InChI is InChI=1S/C17H18N5O9P/c1-10-16(24)13(11(6-18-10)9-31-32(28,29)30)7-20-21-15(23)8-19-17(25)12-4-2-3-5-14(12)22(26)27/h2-7,24H,8-9H2,1H3,(H,19,25)(H,21,23)(H2,28,29,30)/b20-7+. The van der Waals surface area contributed by atoms with Crippen molar-refractivity contribution >= 4 is 31.5 Å². The summed E-state index contributed by atoms with van der Waals surface area (Å²) in [6.45, 7) is 0.321. The summed E-state index contributed by atoms with van der Waals surface area (Å²) >= 11 is 0. The molecule has 32 heavy (non-hydrogen) atoms. The van der Waals surface area contributed by atoms with Crippen LogP contribution in [0.4, 0.5) is 5.69 Å². The first kappa shape index (κ1) is 24.6. The van der Waals surface area contributed by atoms with Gasteiger partial charge in [-0.05, 0) is 13.0 Å². The molecule has 0 saturated carbocycles. The zero-order valence-corrected chi connectivity index (χ0v) is 17.4. The molecule has 0 spiro atoms. The van der Waals surface area contributed by atoms with E-state index in [4.69, 9.17) is 9.79 Å². The molecule has 1 heterocycles. The molecule has 1 aromatic heterocycles. The van der Waals surface area contributed by atoms with Crippen LogP contribution in [0.5, 0.6) is 5.75 Å². The molecule has 0 saturated heterocycles. The van der Waals surface area contributed by atoms with Gasteiger partial charge < -0.3 is 20.2 Å². The highest BCUT2D eigenvalue weighted by Crippen LogP contribution is 2.37. The molecule has 0 aliphatic carbocycles. The largest absolute Gasteiger partial charge is 0.505 e. The number of phosphoric acid groups is 1. The van der Waals surface area contributed by atoms with Gasteiger partial charge in [0.2, 0.25) is 0 Å². The van der Waals surface area contributed by atoms with Crippen molar-refractivity contribution in [2.24, 2.45) is 5.10 Å². The molecule has 14 nitrogen and oxygen atoms in total. The number of rotatable bonds is 9. The molecule has 15 heteroatoms. The van der Waals surface area contributed by atoms with Crippen LogP contribution in [-0.2, 0) is 20.5 Å². The van der Waals surface area contributed by atoms with Gasteiger partial charge in [0.25, 0.3) is 17.5 Å². The van der Waals surface area contributed by atoms with Gasteiger partial charge in [0.05, 0.1) is 30.0 Å². The molecule has 0 atom stereocenters. The number of aromatic nitrogens is 1. The lowest BCUT2D eigenvalue weighted by Crippen LogP contribution is -2.35. The number of hydrogen-bond donors (Lipinski definition) is 5. The first-order chi connectivity index (χ1) is 15.0. The number of phosphoric ester groups is 1. The number of carbonyl (C=O) groups is 2. The second-order valence-corrected chi connectivity index (χ2v) is 7.38. The molecule has 2 amide bonds.